The lowest BCUT2D eigenvalue weighted by atomic mass is 9.93. The van der Waals surface area contributed by atoms with E-state index >= 15 is 0 Å². The topological polar surface area (TPSA) is 61.7 Å². The summed E-state index contributed by atoms with van der Waals surface area (Å²) < 4.78 is 6.33. The fourth-order valence-corrected chi connectivity index (χ4v) is 6.34. The number of pyridine rings is 2. The molecule has 3 aliphatic heterocycles. The summed E-state index contributed by atoms with van der Waals surface area (Å²) in [6.45, 7) is 0.911. The van der Waals surface area contributed by atoms with Crippen LogP contribution >= 0.6 is 0 Å². The number of nitrogens with zero attached hydrogens (tertiary/aromatic N) is 4. The molecule has 3 atom stereocenters. The van der Waals surface area contributed by atoms with Crippen LogP contribution in [0.2, 0.25) is 0 Å². The van der Waals surface area contributed by atoms with E-state index in [4.69, 9.17) is 4.74 Å². The summed E-state index contributed by atoms with van der Waals surface area (Å²) in [6.07, 6.45) is 10.1. The van der Waals surface area contributed by atoms with Gasteiger partial charge in [0, 0.05) is 48.8 Å². The molecule has 0 saturated carbocycles. The number of hydrogen-bond acceptors (Lipinski definition) is 6. The van der Waals surface area contributed by atoms with Gasteiger partial charge in [-0.15, -0.1) is 0 Å². The van der Waals surface area contributed by atoms with E-state index < -0.39 is 0 Å². The average Bonchev–Trinajstić information content (AvgIpc) is 3.14. The van der Waals surface area contributed by atoms with E-state index in [0.717, 1.165) is 53.3 Å². The molecule has 6 nitrogen and oxygen atoms in total. The van der Waals surface area contributed by atoms with Crippen molar-refractivity contribution in [3.05, 3.63) is 91.0 Å². The predicted molar refractivity (Wildman–Crippen MR) is 140 cm³/mol. The van der Waals surface area contributed by atoms with Crippen LogP contribution in [-0.2, 0) is 6.54 Å². The average molecular weight is 477 g/mol. The van der Waals surface area contributed by atoms with Gasteiger partial charge in [-0.25, -0.2) is 0 Å². The molecule has 1 N–H and O–H groups in total. The van der Waals surface area contributed by atoms with Gasteiger partial charge >= 0.3 is 0 Å². The molecule has 180 valence electrons. The second kappa shape index (κ2) is 8.64. The standard InChI is InChI=1S/C30H28N4O2/c35-28-8-3-7-27-30(28)36-29-15-20(21-5-4-13-31-18-21)9-12-26(29)34(27)25-16-23-10-11-24(17-25)33(23)19-22-6-1-2-14-32-22/h1-9,12-15,18,23-25,35H,10-11,16-17,19H2/t23-,24+,25?. The first-order valence-electron chi connectivity index (χ1n) is 12.7. The number of benzene rings is 2. The Kier molecular flexibility index (Phi) is 5.13. The van der Waals surface area contributed by atoms with Crippen LogP contribution in [0, 0.1) is 0 Å². The first-order chi connectivity index (χ1) is 17.7. The van der Waals surface area contributed by atoms with Crippen molar-refractivity contribution >= 4 is 11.4 Å². The van der Waals surface area contributed by atoms with Crippen molar-refractivity contribution in [2.24, 2.45) is 0 Å². The largest absolute Gasteiger partial charge is 0.504 e. The lowest BCUT2D eigenvalue weighted by molar-refractivity contribution is 0.118. The molecule has 36 heavy (non-hydrogen) atoms. The zero-order chi connectivity index (χ0) is 24.1. The van der Waals surface area contributed by atoms with Crippen molar-refractivity contribution in [1.29, 1.82) is 0 Å². The van der Waals surface area contributed by atoms with Crippen LogP contribution in [0.1, 0.15) is 31.4 Å². The molecule has 2 bridgehead atoms. The summed E-state index contributed by atoms with van der Waals surface area (Å²) in [6, 6.07) is 23.6. The zero-order valence-electron chi connectivity index (χ0n) is 20.0. The van der Waals surface area contributed by atoms with Crippen molar-refractivity contribution < 1.29 is 9.84 Å². The second-order valence-electron chi connectivity index (χ2n) is 10.0. The molecule has 5 heterocycles. The molecule has 2 fully saturated rings. The number of aromatic hydroxyl groups is 1. The fourth-order valence-electron chi connectivity index (χ4n) is 6.34. The number of rotatable bonds is 4. The van der Waals surface area contributed by atoms with Gasteiger partial charge in [-0.2, -0.15) is 0 Å². The van der Waals surface area contributed by atoms with Gasteiger partial charge in [-0.05, 0) is 73.7 Å². The van der Waals surface area contributed by atoms with Crippen molar-refractivity contribution in [3.8, 4) is 28.4 Å². The number of anilines is 2. The highest BCUT2D eigenvalue weighted by Crippen LogP contribution is 2.54. The molecule has 0 amide bonds. The van der Waals surface area contributed by atoms with Gasteiger partial charge in [0.1, 0.15) is 0 Å². The Morgan fingerprint density at radius 3 is 2.50 bits per heavy atom. The molecular formula is C30H28N4O2. The molecule has 2 saturated heterocycles. The molecule has 7 rings (SSSR count). The number of aromatic nitrogens is 2. The first kappa shape index (κ1) is 21.4. The third kappa shape index (κ3) is 3.60. The molecule has 2 aromatic heterocycles. The summed E-state index contributed by atoms with van der Waals surface area (Å²) in [4.78, 5) is 13.9. The number of fused-ring (bicyclic) bond motifs is 4. The van der Waals surface area contributed by atoms with Gasteiger partial charge in [-0.1, -0.05) is 24.3 Å². The highest BCUT2D eigenvalue weighted by Gasteiger charge is 2.44. The molecule has 2 aromatic carbocycles. The van der Waals surface area contributed by atoms with Crippen LogP contribution < -0.4 is 9.64 Å². The number of phenolic OH excluding ortho intramolecular Hbond substituents is 1. The maximum Gasteiger partial charge on any atom is 0.192 e. The van der Waals surface area contributed by atoms with E-state index in [2.05, 4.69) is 62.2 Å². The number of piperidine rings is 1. The number of phenols is 1. The predicted octanol–water partition coefficient (Wildman–Crippen LogP) is 6.29. The normalized spacial score (nSPS) is 22.6. The fraction of sp³-hybridized carbons (Fsp3) is 0.267. The Morgan fingerprint density at radius 1 is 0.833 bits per heavy atom. The van der Waals surface area contributed by atoms with Crippen LogP contribution in [0.4, 0.5) is 11.4 Å². The van der Waals surface area contributed by atoms with Crippen LogP contribution in [0.15, 0.2) is 85.3 Å². The lowest BCUT2D eigenvalue weighted by Crippen LogP contribution is -2.49. The van der Waals surface area contributed by atoms with E-state index in [1.54, 1.807) is 12.3 Å². The van der Waals surface area contributed by atoms with Gasteiger partial charge in [0.25, 0.3) is 0 Å². The maximum absolute atomic E-state index is 10.7. The molecule has 4 aromatic rings. The zero-order valence-corrected chi connectivity index (χ0v) is 20.0. The van der Waals surface area contributed by atoms with Gasteiger partial charge < -0.3 is 14.7 Å². The lowest BCUT2D eigenvalue weighted by Gasteiger charge is -2.46. The summed E-state index contributed by atoms with van der Waals surface area (Å²) in [5, 5.41) is 10.7. The monoisotopic (exact) mass is 476 g/mol. The Morgan fingerprint density at radius 2 is 1.72 bits per heavy atom. The highest BCUT2D eigenvalue weighted by atomic mass is 16.5. The smallest absolute Gasteiger partial charge is 0.192 e. The van der Waals surface area contributed by atoms with Crippen molar-refractivity contribution in [3.63, 3.8) is 0 Å². The van der Waals surface area contributed by atoms with Gasteiger partial charge in [-0.3, -0.25) is 14.9 Å². The third-order valence-corrected chi connectivity index (χ3v) is 7.95. The van der Waals surface area contributed by atoms with E-state index in [1.165, 1.54) is 12.8 Å². The van der Waals surface area contributed by atoms with Crippen molar-refractivity contribution in [1.82, 2.24) is 14.9 Å². The Bertz CT molecular complexity index is 1380. The maximum atomic E-state index is 10.7. The molecule has 0 aliphatic carbocycles. The first-order valence-corrected chi connectivity index (χ1v) is 12.7. The molecule has 3 aliphatic rings. The summed E-state index contributed by atoms with van der Waals surface area (Å²) in [5.74, 6) is 1.48. The third-order valence-electron chi connectivity index (χ3n) is 7.95. The number of para-hydroxylation sites is 1. The van der Waals surface area contributed by atoms with Gasteiger partial charge in [0.15, 0.2) is 17.2 Å². The summed E-state index contributed by atoms with van der Waals surface area (Å²) in [7, 11) is 0. The number of ether oxygens (including phenoxy) is 1. The van der Waals surface area contributed by atoms with Crippen LogP contribution in [-0.4, -0.2) is 38.1 Å². The second-order valence-corrected chi connectivity index (χ2v) is 10.0. The van der Waals surface area contributed by atoms with E-state index in [9.17, 15) is 5.11 Å². The molecule has 1 unspecified atom stereocenters. The van der Waals surface area contributed by atoms with E-state index in [1.807, 2.05) is 30.6 Å². The van der Waals surface area contributed by atoms with Crippen LogP contribution in [0.25, 0.3) is 11.1 Å². The highest BCUT2D eigenvalue weighted by molar-refractivity contribution is 5.83. The number of hydrogen-bond donors (Lipinski definition) is 1. The quantitative estimate of drug-likeness (QED) is 0.374. The minimum absolute atomic E-state index is 0.172. The minimum atomic E-state index is 0.172. The van der Waals surface area contributed by atoms with Crippen molar-refractivity contribution in [2.45, 2.75) is 50.4 Å². The van der Waals surface area contributed by atoms with Crippen LogP contribution in [0.3, 0.4) is 0 Å². The van der Waals surface area contributed by atoms with E-state index in [0.29, 0.717) is 23.9 Å². The molecule has 6 heteroatoms. The van der Waals surface area contributed by atoms with Crippen LogP contribution in [0.5, 0.6) is 17.2 Å². The molecule has 0 radical (unpaired) electrons. The summed E-state index contributed by atoms with van der Waals surface area (Å²) in [5.41, 5.74) is 5.23. The molecular weight excluding hydrogens is 448 g/mol. The van der Waals surface area contributed by atoms with Gasteiger partial charge in [0.05, 0.1) is 17.1 Å². The van der Waals surface area contributed by atoms with Gasteiger partial charge in [0.2, 0.25) is 0 Å². The van der Waals surface area contributed by atoms with Crippen molar-refractivity contribution in [2.75, 3.05) is 4.90 Å². The minimum Gasteiger partial charge on any atom is -0.504 e. The SMILES string of the molecule is Oc1cccc2c1Oc1cc(-c3cccnc3)ccc1N2C1C[C@H]2CC[C@@H](C1)N2Cc1ccccn1. The van der Waals surface area contributed by atoms with E-state index in [-0.39, 0.29) is 5.75 Å². The Balaban J connectivity index is 1.24. The molecule has 0 spiro atoms. The Labute approximate surface area is 210 Å². The summed E-state index contributed by atoms with van der Waals surface area (Å²) >= 11 is 0. The Hall–Kier alpha value is -3.90.